The molecule has 0 radical (unpaired) electrons. The van der Waals surface area contributed by atoms with Gasteiger partial charge in [-0.1, -0.05) is 78.4 Å². The predicted octanol–water partition coefficient (Wildman–Crippen LogP) is 9.85. The van der Waals surface area contributed by atoms with Gasteiger partial charge in [-0.25, -0.2) is 19.2 Å². The predicted molar refractivity (Wildman–Crippen MR) is 217 cm³/mol. The average molecular weight is 771 g/mol. The number of carbonyl (C=O) groups excluding carboxylic acids is 4. The van der Waals surface area contributed by atoms with Crippen molar-refractivity contribution in [2.75, 3.05) is 0 Å². The Hall–Kier alpha value is -7.85. The van der Waals surface area contributed by atoms with Crippen LogP contribution in [0.15, 0.2) is 173 Å². The Morgan fingerprint density at radius 1 is 0.534 bits per heavy atom. The van der Waals surface area contributed by atoms with Crippen LogP contribution in [0.4, 0.5) is 0 Å². The van der Waals surface area contributed by atoms with Gasteiger partial charge in [0.05, 0.1) is 27.8 Å². The van der Waals surface area contributed by atoms with Gasteiger partial charge < -0.3 is 23.4 Å². The Balaban J connectivity index is 1.39. The third-order valence-electron chi connectivity index (χ3n) is 8.95. The largest absolute Gasteiger partial charge is 0.463 e. The fourth-order valence-corrected chi connectivity index (χ4v) is 6.00. The summed E-state index contributed by atoms with van der Waals surface area (Å²) in [4.78, 5) is 68.1. The lowest BCUT2D eigenvalue weighted by Gasteiger charge is -2.17. The molecule has 0 N–H and O–H groups in total. The first-order valence-corrected chi connectivity index (χ1v) is 18.1. The maximum Gasteiger partial charge on any atom is 0.343 e. The highest BCUT2D eigenvalue weighted by atomic mass is 16.6. The summed E-state index contributed by atoms with van der Waals surface area (Å²) in [5.41, 5.74) is 1.63. The summed E-state index contributed by atoms with van der Waals surface area (Å²) < 4.78 is 29.4. The lowest BCUT2D eigenvalue weighted by atomic mass is 9.97. The minimum atomic E-state index is -0.789. The monoisotopic (exact) mass is 770 g/mol. The molecule has 6 aromatic carbocycles. The minimum Gasteiger partial charge on any atom is -0.463 e. The molecule has 1 aromatic heterocycles. The molecule has 10 nitrogen and oxygen atoms in total. The first-order chi connectivity index (χ1) is 28.1. The van der Waals surface area contributed by atoms with Gasteiger partial charge >= 0.3 is 23.9 Å². The van der Waals surface area contributed by atoms with E-state index in [2.05, 4.69) is 6.58 Å². The van der Waals surface area contributed by atoms with Crippen molar-refractivity contribution in [1.82, 2.24) is 0 Å². The first-order valence-electron chi connectivity index (χ1n) is 18.1. The fourth-order valence-electron chi connectivity index (χ4n) is 6.00. The molecule has 1 heterocycles. The number of esters is 4. The van der Waals surface area contributed by atoms with Gasteiger partial charge in [-0.15, -0.1) is 6.58 Å². The van der Waals surface area contributed by atoms with Crippen LogP contribution < -0.4 is 24.4 Å². The van der Waals surface area contributed by atoms with E-state index in [-0.39, 0.29) is 61.8 Å². The third kappa shape index (κ3) is 8.82. The zero-order valence-corrected chi connectivity index (χ0v) is 31.1. The zero-order valence-electron chi connectivity index (χ0n) is 31.1. The number of aryl methyl sites for hydroxylation is 1. The molecule has 7 aromatic rings. The Bertz CT molecular complexity index is 2720. The standard InChI is InChI=1S/C48H34O10/c1-30(2)23-24-35-25-37(40(57-47(52)33-19-11-5-12-20-33)28-39(35)56-46(51)32-17-9-4-10-18-32)38-29-54-41-26-36(55-45(50)31-15-7-3-8-16-31)27-42(43(41)44(38)49)58-48(53)34-21-13-6-14-22-34/h3-22,25-29H,1,23-24H2,2H3. The van der Waals surface area contributed by atoms with Crippen LogP contribution >= 0.6 is 0 Å². The Kier molecular flexibility index (Phi) is 11.5. The van der Waals surface area contributed by atoms with Crippen molar-refractivity contribution >= 4 is 34.8 Å². The van der Waals surface area contributed by atoms with Crippen molar-refractivity contribution in [2.45, 2.75) is 19.8 Å². The molecule has 0 aliphatic heterocycles. The number of rotatable bonds is 12. The molecule has 0 saturated carbocycles. The average Bonchev–Trinajstić information content (AvgIpc) is 3.24. The van der Waals surface area contributed by atoms with E-state index < -0.39 is 29.3 Å². The quantitative estimate of drug-likeness (QED) is 0.0671. The van der Waals surface area contributed by atoms with Crippen molar-refractivity contribution in [3.8, 4) is 34.1 Å². The number of hydrogen-bond acceptors (Lipinski definition) is 10. The lowest BCUT2D eigenvalue weighted by molar-refractivity contribution is 0.0714. The molecule has 0 bridgehead atoms. The van der Waals surface area contributed by atoms with Gasteiger partial charge in [-0.3, -0.25) is 4.79 Å². The normalized spacial score (nSPS) is 10.7. The van der Waals surface area contributed by atoms with Crippen molar-refractivity contribution < 1.29 is 42.5 Å². The molecule has 0 atom stereocenters. The summed E-state index contributed by atoms with van der Waals surface area (Å²) in [6.07, 6.45) is 2.00. The van der Waals surface area contributed by atoms with E-state index in [4.69, 9.17) is 23.4 Å². The molecule has 0 spiro atoms. The molecule has 58 heavy (non-hydrogen) atoms. The van der Waals surface area contributed by atoms with Gasteiger partial charge in [0, 0.05) is 23.8 Å². The number of allylic oxidation sites excluding steroid dienone is 1. The summed E-state index contributed by atoms with van der Waals surface area (Å²) >= 11 is 0. The third-order valence-corrected chi connectivity index (χ3v) is 8.95. The Morgan fingerprint density at radius 3 is 1.47 bits per heavy atom. The summed E-state index contributed by atoms with van der Waals surface area (Å²) in [6.45, 7) is 5.87. The van der Waals surface area contributed by atoms with Gasteiger partial charge in [0.15, 0.2) is 0 Å². The maximum atomic E-state index is 14.8. The zero-order chi connectivity index (χ0) is 40.6. The second-order valence-corrected chi connectivity index (χ2v) is 13.2. The molecule has 0 fully saturated rings. The molecule has 0 unspecified atom stereocenters. The maximum absolute atomic E-state index is 14.8. The molecule has 7 rings (SSSR count). The Morgan fingerprint density at radius 2 is 0.983 bits per heavy atom. The summed E-state index contributed by atoms with van der Waals surface area (Å²) in [7, 11) is 0. The van der Waals surface area contributed by atoms with E-state index >= 15 is 0 Å². The van der Waals surface area contributed by atoms with E-state index in [0.717, 1.165) is 5.57 Å². The lowest BCUT2D eigenvalue weighted by Crippen LogP contribution is -2.15. The van der Waals surface area contributed by atoms with Crippen LogP contribution in [0.2, 0.25) is 0 Å². The molecule has 10 heteroatoms. The topological polar surface area (TPSA) is 135 Å². The van der Waals surface area contributed by atoms with Crippen molar-refractivity contribution in [2.24, 2.45) is 0 Å². The van der Waals surface area contributed by atoms with Crippen LogP contribution in [0, 0.1) is 0 Å². The molecular formula is C48H34O10. The molecule has 286 valence electrons. The summed E-state index contributed by atoms with van der Waals surface area (Å²) in [5.74, 6) is -3.21. The Labute approximate surface area is 332 Å². The van der Waals surface area contributed by atoms with Gasteiger partial charge in [0.1, 0.15) is 40.2 Å². The minimum absolute atomic E-state index is 0.0581. The fraction of sp³-hybridized carbons (Fsp3) is 0.0625. The highest BCUT2D eigenvalue weighted by Gasteiger charge is 2.25. The van der Waals surface area contributed by atoms with E-state index in [9.17, 15) is 24.0 Å². The van der Waals surface area contributed by atoms with Crippen molar-refractivity contribution in [3.05, 3.63) is 202 Å². The number of fused-ring (bicyclic) bond motifs is 1. The summed E-state index contributed by atoms with van der Waals surface area (Å²) in [6, 6.07) is 38.6. The van der Waals surface area contributed by atoms with E-state index in [1.807, 2.05) is 6.92 Å². The van der Waals surface area contributed by atoms with Crippen LogP contribution in [0.3, 0.4) is 0 Å². The van der Waals surface area contributed by atoms with Crippen LogP contribution in [0.25, 0.3) is 22.1 Å². The number of carbonyl (C=O) groups is 4. The summed E-state index contributed by atoms with van der Waals surface area (Å²) in [5, 5.41) is -0.162. The second-order valence-electron chi connectivity index (χ2n) is 13.2. The smallest absolute Gasteiger partial charge is 0.343 e. The van der Waals surface area contributed by atoms with Gasteiger partial charge in [0.25, 0.3) is 0 Å². The van der Waals surface area contributed by atoms with Crippen LogP contribution in [0.5, 0.6) is 23.0 Å². The van der Waals surface area contributed by atoms with Gasteiger partial charge in [-0.05, 0) is 79.9 Å². The molecule has 0 saturated heterocycles. The van der Waals surface area contributed by atoms with Crippen molar-refractivity contribution in [3.63, 3.8) is 0 Å². The molecule has 0 aliphatic rings. The first kappa shape index (κ1) is 38.4. The molecule has 0 amide bonds. The van der Waals surface area contributed by atoms with Crippen LogP contribution in [-0.4, -0.2) is 23.9 Å². The SMILES string of the molecule is C=C(C)CCc1cc(-c2coc3cc(OC(=O)c4ccccc4)cc(OC(=O)c4ccccc4)c3c2=O)c(OC(=O)c2ccccc2)cc1OC(=O)c1ccccc1. The number of ether oxygens (including phenoxy) is 4. The van der Waals surface area contributed by atoms with Gasteiger partial charge in [-0.2, -0.15) is 0 Å². The number of hydrogen-bond donors (Lipinski definition) is 0. The molecule has 0 aliphatic carbocycles. The highest BCUT2D eigenvalue weighted by molar-refractivity contribution is 5.98. The van der Waals surface area contributed by atoms with E-state index in [0.29, 0.717) is 24.0 Å². The van der Waals surface area contributed by atoms with Gasteiger partial charge in [0.2, 0.25) is 5.43 Å². The van der Waals surface area contributed by atoms with E-state index in [1.165, 1.54) is 24.5 Å². The second kappa shape index (κ2) is 17.3. The van der Waals surface area contributed by atoms with E-state index in [1.54, 1.807) is 127 Å². The molecular weight excluding hydrogens is 737 g/mol. The van der Waals surface area contributed by atoms with Crippen LogP contribution in [0.1, 0.15) is 60.3 Å². The van der Waals surface area contributed by atoms with Crippen LogP contribution in [-0.2, 0) is 6.42 Å². The highest BCUT2D eigenvalue weighted by Crippen LogP contribution is 2.39. The van der Waals surface area contributed by atoms with Crippen molar-refractivity contribution in [1.29, 1.82) is 0 Å². The number of benzene rings is 6.